The van der Waals surface area contributed by atoms with E-state index >= 15 is 0 Å². The number of aromatic amines is 1. The number of fused-ring (bicyclic) bond motifs is 2. The van der Waals surface area contributed by atoms with Crippen LogP contribution in [0.3, 0.4) is 0 Å². The van der Waals surface area contributed by atoms with Crippen molar-refractivity contribution in [1.82, 2.24) is 30.0 Å². The molecule has 2 aromatic rings. The Morgan fingerprint density at radius 2 is 2.11 bits per heavy atom. The zero-order valence-corrected chi connectivity index (χ0v) is 17.5. The van der Waals surface area contributed by atoms with E-state index in [2.05, 4.69) is 41.2 Å². The van der Waals surface area contributed by atoms with E-state index in [1.54, 1.807) is 6.33 Å². The number of H-pyrrole nitrogens is 1. The monoisotopic (exact) mass is 384 g/mol. The van der Waals surface area contributed by atoms with Crippen molar-refractivity contribution in [2.45, 2.75) is 77.4 Å². The molecule has 1 spiro atoms. The van der Waals surface area contributed by atoms with Crippen LogP contribution >= 0.6 is 0 Å². The Morgan fingerprint density at radius 3 is 2.79 bits per heavy atom. The molecule has 7 nitrogen and oxygen atoms in total. The Hall–Kier alpha value is -2.15. The second kappa shape index (κ2) is 7.35. The Labute approximate surface area is 166 Å². The van der Waals surface area contributed by atoms with Crippen LogP contribution < -0.4 is 5.32 Å². The van der Waals surface area contributed by atoms with Gasteiger partial charge in [0.25, 0.3) is 0 Å². The van der Waals surface area contributed by atoms with Gasteiger partial charge in [0.1, 0.15) is 0 Å². The van der Waals surface area contributed by atoms with Gasteiger partial charge in [-0.3, -0.25) is 14.8 Å². The molecule has 4 rings (SSSR count). The first-order valence-corrected chi connectivity index (χ1v) is 10.5. The molecule has 0 aromatic carbocycles. The van der Waals surface area contributed by atoms with Gasteiger partial charge in [-0.1, -0.05) is 12.8 Å². The highest BCUT2D eigenvalue weighted by molar-refractivity contribution is 5.82. The van der Waals surface area contributed by atoms with Crippen LogP contribution in [0.25, 0.3) is 0 Å². The molecule has 1 fully saturated rings. The normalized spacial score (nSPS) is 20.5. The fourth-order valence-electron chi connectivity index (χ4n) is 5.11. The molecular weight excluding hydrogens is 352 g/mol. The average Bonchev–Trinajstić information content (AvgIpc) is 3.40. The van der Waals surface area contributed by atoms with Crippen molar-refractivity contribution in [2.24, 2.45) is 0 Å². The van der Waals surface area contributed by atoms with Crippen molar-refractivity contribution in [3.8, 4) is 0 Å². The molecule has 2 aliphatic rings. The Kier molecular flexibility index (Phi) is 5.04. The summed E-state index contributed by atoms with van der Waals surface area (Å²) in [5, 5.41) is 8.29. The average molecular weight is 385 g/mol. The highest BCUT2D eigenvalue weighted by Crippen LogP contribution is 2.42. The van der Waals surface area contributed by atoms with Gasteiger partial charge < -0.3 is 9.88 Å². The predicted molar refractivity (Wildman–Crippen MR) is 108 cm³/mol. The van der Waals surface area contributed by atoms with Gasteiger partial charge in [0.15, 0.2) is 0 Å². The largest absolute Gasteiger partial charge is 0.348 e. The number of likely N-dealkylation sites (N-methyl/N-ethyl adjacent to an activating group) is 1. The molecule has 1 amide bonds. The number of aryl methyl sites for hydroxylation is 2. The van der Waals surface area contributed by atoms with Crippen molar-refractivity contribution in [1.29, 1.82) is 0 Å². The Balaban J connectivity index is 1.45. The summed E-state index contributed by atoms with van der Waals surface area (Å²) in [6.45, 7) is 7.87. The molecule has 0 saturated heterocycles. The quantitative estimate of drug-likeness (QED) is 0.829. The molecule has 7 heteroatoms. The number of imidazole rings is 1. The van der Waals surface area contributed by atoms with Gasteiger partial charge in [-0.15, -0.1) is 0 Å². The van der Waals surface area contributed by atoms with E-state index in [0.717, 1.165) is 42.9 Å². The molecule has 1 aliphatic carbocycles. The minimum Gasteiger partial charge on any atom is -0.348 e. The number of carbonyl (C=O) groups is 1. The number of hydrogen-bond donors (Lipinski definition) is 2. The first kappa shape index (κ1) is 19.2. The molecular formula is C21H32N6O. The summed E-state index contributed by atoms with van der Waals surface area (Å²) in [4.78, 5) is 23.0. The number of nitrogens with zero attached hydrogens (tertiary/aromatic N) is 4. The topological polar surface area (TPSA) is 78.8 Å². The van der Waals surface area contributed by atoms with E-state index in [1.807, 2.05) is 16.6 Å². The SMILES string of the molecule is CCn1nc(C)c(CCN(C)C(=O)[C@@H]2Cc3[nH]cnc3C3(CCCC3)N2)c1C. The van der Waals surface area contributed by atoms with Crippen molar-refractivity contribution >= 4 is 5.91 Å². The maximum Gasteiger partial charge on any atom is 0.239 e. The number of nitrogens with one attached hydrogen (secondary N) is 2. The Morgan fingerprint density at radius 1 is 1.36 bits per heavy atom. The smallest absolute Gasteiger partial charge is 0.239 e. The van der Waals surface area contributed by atoms with Crippen molar-refractivity contribution < 1.29 is 4.79 Å². The zero-order chi connectivity index (χ0) is 19.9. The molecule has 0 radical (unpaired) electrons. The second-order valence-electron chi connectivity index (χ2n) is 8.39. The van der Waals surface area contributed by atoms with E-state index in [9.17, 15) is 4.79 Å². The lowest BCUT2D eigenvalue weighted by Crippen LogP contribution is -2.57. The third-order valence-corrected chi connectivity index (χ3v) is 6.69. The maximum absolute atomic E-state index is 13.2. The Bertz CT molecular complexity index is 860. The second-order valence-corrected chi connectivity index (χ2v) is 8.39. The third-order valence-electron chi connectivity index (χ3n) is 6.69. The first-order valence-electron chi connectivity index (χ1n) is 10.5. The van der Waals surface area contributed by atoms with E-state index in [1.165, 1.54) is 24.1 Å². The molecule has 1 atom stereocenters. The van der Waals surface area contributed by atoms with Crippen LogP contribution in [0.4, 0.5) is 0 Å². The minimum atomic E-state index is -0.184. The fraction of sp³-hybridized carbons (Fsp3) is 0.667. The lowest BCUT2D eigenvalue weighted by atomic mass is 9.84. The van der Waals surface area contributed by atoms with Crippen LogP contribution in [-0.2, 0) is 29.7 Å². The first-order chi connectivity index (χ1) is 13.4. The molecule has 0 unspecified atom stereocenters. The highest BCUT2D eigenvalue weighted by Gasteiger charge is 2.46. The van der Waals surface area contributed by atoms with Crippen molar-refractivity contribution in [3.05, 3.63) is 34.7 Å². The molecule has 3 heterocycles. The summed E-state index contributed by atoms with van der Waals surface area (Å²) in [7, 11) is 1.92. The van der Waals surface area contributed by atoms with E-state index in [-0.39, 0.29) is 17.5 Å². The molecule has 1 aliphatic heterocycles. The lowest BCUT2D eigenvalue weighted by molar-refractivity contribution is -0.133. The summed E-state index contributed by atoms with van der Waals surface area (Å²) >= 11 is 0. The van der Waals surface area contributed by atoms with Crippen LogP contribution in [0, 0.1) is 13.8 Å². The summed E-state index contributed by atoms with van der Waals surface area (Å²) in [5.41, 5.74) is 5.69. The maximum atomic E-state index is 13.2. The van der Waals surface area contributed by atoms with E-state index in [4.69, 9.17) is 0 Å². The van der Waals surface area contributed by atoms with E-state index in [0.29, 0.717) is 13.0 Å². The number of hydrogen-bond acceptors (Lipinski definition) is 4. The number of amides is 1. The van der Waals surface area contributed by atoms with Gasteiger partial charge in [-0.2, -0.15) is 5.10 Å². The summed E-state index contributed by atoms with van der Waals surface area (Å²) in [6, 6.07) is -0.184. The van der Waals surface area contributed by atoms with Gasteiger partial charge in [0, 0.05) is 37.9 Å². The number of aromatic nitrogens is 4. The minimum absolute atomic E-state index is 0.121. The van der Waals surface area contributed by atoms with Crippen LogP contribution in [0.1, 0.15) is 60.9 Å². The van der Waals surface area contributed by atoms with Gasteiger partial charge >= 0.3 is 0 Å². The molecule has 2 N–H and O–H groups in total. The van der Waals surface area contributed by atoms with Gasteiger partial charge in [0.2, 0.25) is 5.91 Å². The molecule has 28 heavy (non-hydrogen) atoms. The van der Waals surface area contributed by atoms with Crippen LogP contribution in [0.2, 0.25) is 0 Å². The van der Waals surface area contributed by atoms with Gasteiger partial charge in [0.05, 0.1) is 29.3 Å². The number of carbonyl (C=O) groups excluding carboxylic acids is 1. The predicted octanol–water partition coefficient (Wildman–Crippen LogP) is 2.23. The lowest BCUT2D eigenvalue weighted by Gasteiger charge is -2.39. The van der Waals surface area contributed by atoms with Crippen molar-refractivity contribution in [2.75, 3.05) is 13.6 Å². The summed E-state index contributed by atoms with van der Waals surface area (Å²) in [6.07, 6.45) is 7.81. The summed E-state index contributed by atoms with van der Waals surface area (Å²) in [5.74, 6) is 0.171. The summed E-state index contributed by atoms with van der Waals surface area (Å²) < 4.78 is 2.04. The third kappa shape index (κ3) is 3.15. The van der Waals surface area contributed by atoms with Crippen LogP contribution in [0.5, 0.6) is 0 Å². The molecule has 152 valence electrons. The van der Waals surface area contributed by atoms with Gasteiger partial charge in [-0.05, 0) is 45.6 Å². The highest BCUT2D eigenvalue weighted by atomic mass is 16.2. The van der Waals surface area contributed by atoms with E-state index < -0.39 is 0 Å². The van der Waals surface area contributed by atoms with Gasteiger partial charge in [-0.25, -0.2) is 4.98 Å². The molecule has 2 aromatic heterocycles. The van der Waals surface area contributed by atoms with Crippen LogP contribution in [0.15, 0.2) is 6.33 Å². The molecule has 0 bridgehead atoms. The molecule has 1 saturated carbocycles. The number of rotatable bonds is 5. The standard InChI is InChI=1S/C21H32N6O/c1-5-27-15(3)16(14(2)25-27)8-11-26(4)20(28)18-12-17-19(23-13-22-17)21(24-18)9-6-7-10-21/h13,18,24H,5-12H2,1-4H3,(H,22,23)/t18-/m0/s1. The zero-order valence-electron chi connectivity index (χ0n) is 17.5. The fourth-order valence-corrected chi connectivity index (χ4v) is 5.11. The van der Waals surface area contributed by atoms with Crippen molar-refractivity contribution in [3.63, 3.8) is 0 Å². The van der Waals surface area contributed by atoms with Crippen LogP contribution in [-0.4, -0.2) is 50.2 Å².